The predicted octanol–water partition coefficient (Wildman–Crippen LogP) is 5.67. The number of rotatable bonds is 9. The zero-order chi connectivity index (χ0) is 25.9. The molecule has 0 atom stereocenters. The van der Waals surface area contributed by atoms with Crippen LogP contribution in [0.3, 0.4) is 0 Å². The van der Waals surface area contributed by atoms with Crippen LogP contribution in [-0.4, -0.2) is 23.4 Å². The first-order valence-corrected chi connectivity index (χ1v) is 14.9. The van der Waals surface area contributed by atoms with E-state index < -0.39 is 19.1 Å². The molecule has 0 heterocycles. The van der Waals surface area contributed by atoms with Crippen molar-refractivity contribution in [2.24, 2.45) is 5.11 Å². The van der Waals surface area contributed by atoms with E-state index in [-0.39, 0.29) is 28.7 Å². The second-order valence-corrected chi connectivity index (χ2v) is 11.9. The maximum atomic E-state index is 12.8. The van der Waals surface area contributed by atoms with E-state index in [0.717, 1.165) is 16.7 Å². The molecule has 0 unspecified atom stereocenters. The first kappa shape index (κ1) is 28.8. The van der Waals surface area contributed by atoms with Crippen molar-refractivity contribution < 1.29 is 21.2 Å². The Balaban J connectivity index is 0.000000303. The third-order valence-electron chi connectivity index (χ3n) is 4.53. The van der Waals surface area contributed by atoms with E-state index in [0.29, 0.717) is 11.8 Å². The minimum Gasteiger partial charge on any atom is -0.211 e. The van der Waals surface area contributed by atoms with Crippen molar-refractivity contribution in [1.29, 1.82) is 0 Å². The summed E-state index contributed by atoms with van der Waals surface area (Å²) in [5.74, 6) is -0.324. The van der Waals surface area contributed by atoms with Crippen LogP contribution in [0.2, 0.25) is 0 Å². The van der Waals surface area contributed by atoms with Crippen molar-refractivity contribution >= 4 is 45.7 Å². The number of benzene rings is 3. The lowest BCUT2D eigenvalue weighted by molar-refractivity contribution is 0.581. The van der Waals surface area contributed by atoms with Crippen molar-refractivity contribution in [2.75, 3.05) is 6.54 Å². The van der Waals surface area contributed by atoms with Crippen LogP contribution >= 0.6 is 26.6 Å². The number of hydrogen-bond acceptors (Lipinski definition) is 5. The molecule has 0 aromatic heterocycles. The maximum Gasteiger partial charge on any atom is 0.261 e. The van der Waals surface area contributed by atoms with E-state index in [1.807, 2.05) is 0 Å². The molecule has 0 aliphatic carbocycles. The van der Waals surface area contributed by atoms with Crippen LogP contribution in [0.15, 0.2) is 87.7 Å². The number of halogens is 3. The third kappa shape index (κ3) is 9.96. The van der Waals surface area contributed by atoms with Gasteiger partial charge in [0.1, 0.15) is 5.82 Å². The number of hydrogen-bond donors (Lipinski definition) is 1. The van der Waals surface area contributed by atoms with Crippen LogP contribution in [0, 0.1) is 5.82 Å². The highest BCUT2D eigenvalue weighted by molar-refractivity contribution is 9.08. The largest absolute Gasteiger partial charge is 0.261 e. The van der Waals surface area contributed by atoms with Gasteiger partial charge in [-0.3, -0.25) is 0 Å². The summed E-state index contributed by atoms with van der Waals surface area (Å²) in [5, 5.41) is 4.12. The molecule has 1 N–H and O–H groups in total. The Morgan fingerprint density at radius 1 is 0.857 bits per heavy atom. The van der Waals surface area contributed by atoms with Gasteiger partial charge in [-0.15, -0.1) is 0 Å². The fourth-order valence-corrected chi connectivity index (χ4v) is 4.87. The Bertz CT molecular complexity index is 1360. The fourth-order valence-electron chi connectivity index (χ4n) is 2.69. The average Bonchev–Trinajstić information content (AvgIpc) is 2.84. The Morgan fingerprint density at radius 3 is 1.89 bits per heavy atom. The molecule has 0 bridgehead atoms. The third-order valence-corrected chi connectivity index (χ3v) is 8.02. The van der Waals surface area contributed by atoms with Crippen LogP contribution in [-0.2, 0) is 37.4 Å². The molecule has 3 rings (SSSR count). The first-order chi connectivity index (χ1) is 16.5. The highest BCUT2D eigenvalue weighted by atomic mass is 79.9. The van der Waals surface area contributed by atoms with Crippen molar-refractivity contribution in [3.8, 4) is 0 Å². The molecule has 0 aliphatic heterocycles. The number of nitrogens with zero attached hydrogens (tertiary/aromatic N) is 3. The van der Waals surface area contributed by atoms with E-state index in [9.17, 15) is 21.2 Å². The van der Waals surface area contributed by atoms with Gasteiger partial charge in [-0.25, -0.2) is 25.9 Å². The van der Waals surface area contributed by atoms with Gasteiger partial charge < -0.3 is 0 Å². The lowest BCUT2D eigenvalue weighted by atomic mass is 10.1. The second kappa shape index (κ2) is 13.6. The molecule has 0 aliphatic rings. The monoisotopic (exact) mass is 602 g/mol. The lowest BCUT2D eigenvalue weighted by Crippen LogP contribution is -2.26. The van der Waals surface area contributed by atoms with Crippen LogP contribution in [0.4, 0.5) is 4.39 Å². The molecule has 0 saturated carbocycles. The summed E-state index contributed by atoms with van der Waals surface area (Å²) in [4.78, 5) is 2.92. The van der Waals surface area contributed by atoms with Crippen LogP contribution < -0.4 is 4.72 Å². The number of alkyl halides is 1. The van der Waals surface area contributed by atoms with Gasteiger partial charge >= 0.3 is 0 Å². The molecular formula is C22H21BrClFN4O4S2. The minimum atomic E-state index is -3.60. The van der Waals surface area contributed by atoms with Crippen molar-refractivity contribution in [2.45, 2.75) is 28.1 Å². The van der Waals surface area contributed by atoms with Crippen molar-refractivity contribution in [3.63, 3.8) is 0 Å². The SMILES string of the molecule is O=S(=O)(Cl)c1ccc(CBr)cc1.[N-]=[N+]=NCc1ccc(S(=O)(=O)NCCc2ccc(F)cc2)cc1. The van der Waals surface area contributed by atoms with Gasteiger partial charge in [0.15, 0.2) is 0 Å². The molecule has 0 radical (unpaired) electrons. The Kier molecular flexibility index (Phi) is 11.2. The second-order valence-electron chi connectivity index (χ2n) is 7.02. The Morgan fingerprint density at radius 2 is 1.37 bits per heavy atom. The molecular weight excluding hydrogens is 583 g/mol. The van der Waals surface area contributed by atoms with Gasteiger partial charge in [0.2, 0.25) is 10.0 Å². The summed E-state index contributed by atoms with van der Waals surface area (Å²) in [7, 11) is -2.06. The highest BCUT2D eigenvalue weighted by Crippen LogP contribution is 2.16. The lowest BCUT2D eigenvalue weighted by Gasteiger charge is -2.07. The fraction of sp³-hybridized carbons (Fsp3) is 0.182. The van der Waals surface area contributed by atoms with Crippen molar-refractivity contribution in [3.05, 3.63) is 106 Å². The smallest absolute Gasteiger partial charge is 0.211 e. The first-order valence-electron chi connectivity index (χ1n) is 9.98. The van der Waals surface area contributed by atoms with E-state index in [4.69, 9.17) is 16.2 Å². The van der Waals surface area contributed by atoms with E-state index >= 15 is 0 Å². The molecule has 35 heavy (non-hydrogen) atoms. The van der Waals surface area contributed by atoms with E-state index in [2.05, 4.69) is 30.7 Å². The summed E-state index contributed by atoms with van der Waals surface area (Å²) in [5.41, 5.74) is 10.8. The minimum absolute atomic E-state index is 0.133. The molecule has 186 valence electrons. The summed E-state index contributed by atoms with van der Waals surface area (Å²) in [6, 6.07) is 18.4. The molecule has 0 saturated heterocycles. The zero-order valence-electron chi connectivity index (χ0n) is 18.2. The Hall–Kier alpha value is -2.47. The van der Waals surface area contributed by atoms with Gasteiger partial charge in [-0.2, -0.15) is 0 Å². The van der Waals surface area contributed by atoms with Gasteiger partial charge in [0, 0.05) is 27.5 Å². The van der Waals surface area contributed by atoms with Gasteiger partial charge in [-0.05, 0) is 65.0 Å². The molecule has 8 nitrogen and oxygen atoms in total. The Labute approximate surface area is 216 Å². The number of azide groups is 1. The summed E-state index contributed by atoms with van der Waals surface area (Å²) < 4.78 is 61.2. The van der Waals surface area contributed by atoms with Gasteiger partial charge in [-0.1, -0.05) is 57.4 Å². The average molecular weight is 604 g/mol. The maximum absolute atomic E-state index is 12.8. The molecule has 0 spiro atoms. The molecule has 3 aromatic rings. The number of sulfonamides is 1. The van der Waals surface area contributed by atoms with Crippen LogP contribution in [0.25, 0.3) is 10.4 Å². The van der Waals surface area contributed by atoms with Gasteiger partial charge in [0.25, 0.3) is 9.05 Å². The molecule has 13 heteroatoms. The quantitative estimate of drug-likeness (QED) is 0.111. The molecule has 3 aromatic carbocycles. The predicted molar refractivity (Wildman–Crippen MR) is 137 cm³/mol. The zero-order valence-corrected chi connectivity index (χ0v) is 22.2. The molecule has 0 fully saturated rings. The summed E-state index contributed by atoms with van der Waals surface area (Å²) >= 11 is 3.25. The topological polar surface area (TPSA) is 129 Å². The van der Waals surface area contributed by atoms with Crippen LogP contribution in [0.5, 0.6) is 0 Å². The highest BCUT2D eigenvalue weighted by Gasteiger charge is 2.13. The summed E-state index contributed by atoms with van der Waals surface area (Å²) in [6.45, 7) is 0.392. The van der Waals surface area contributed by atoms with Crippen molar-refractivity contribution in [1.82, 2.24) is 4.72 Å². The summed E-state index contributed by atoms with van der Waals surface area (Å²) in [6.07, 6.45) is 0.467. The standard InChI is InChI=1S/C15H15FN4O2S.C7H6BrClO2S/c16-14-5-1-12(2-6-14)9-10-19-23(21,22)15-7-3-13(4-8-15)11-18-20-17;8-5-6-1-3-7(4-2-6)12(9,10)11/h1-8,19H,9-11H2;1-4H,5H2. The van der Waals surface area contributed by atoms with Crippen LogP contribution in [0.1, 0.15) is 16.7 Å². The normalized spacial score (nSPS) is 11.2. The number of nitrogens with one attached hydrogen (secondary N) is 1. The van der Waals surface area contributed by atoms with E-state index in [1.165, 1.54) is 36.4 Å². The molecule has 0 amide bonds. The van der Waals surface area contributed by atoms with Gasteiger partial charge in [0.05, 0.1) is 16.3 Å². The van der Waals surface area contributed by atoms with E-state index in [1.54, 1.807) is 36.4 Å².